The number of hydrogen-bond acceptors (Lipinski definition) is 1. The molecule has 1 atom stereocenters. The first-order valence-corrected chi connectivity index (χ1v) is 3.93. The van der Waals surface area contributed by atoms with Gasteiger partial charge in [-0.05, 0) is 25.5 Å². The smallest absolute Gasteiger partial charge is 0.140 e. The third-order valence-electron chi connectivity index (χ3n) is 2.11. The summed E-state index contributed by atoms with van der Waals surface area (Å²) in [6, 6.07) is 1.91. The van der Waals surface area contributed by atoms with Gasteiger partial charge in [0.15, 0.2) is 0 Å². The van der Waals surface area contributed by atoms with Crippen LogP contribution in [0.15, 0.2) is 12.3 Å². The molecule has 0 amide bonds. The summed E-state index contributed by atoms with van der Waals surface area (Å²) in [4.78, 5) is 2.91. The quantitative estimate of drug-likeness (QED) is 0.631. The van der Waals surface area contributed by atoms with Gasteiger partial charge < -0.3 is 10.3 Å². The molecule has 1 aliphatic rings. The van der Waals surface area contributed by atoms with E-state index in [1.54, 1.807) is 6.07 Å². The van der Waals surface area contributed by atoms with E-state index < -0.39 is 0 Å². The Balaban J connectivity index is 2.15. The summed E-state index contributed by atoms with van der Waals surface area (Å²) >= 11 is 0. The van der Waals surface area contributed by atoms with E-state index in [9.17, 15) is 4.39 Å². The van der Waals surface area contributed by atoms with Gasteiger partial charge in [-0.25, -0.2) is 4.39 Å². The first-order chi connectivity index (χ1) is 5.36. The minimum atomic E-state index is -0.173. The highest BCUT2D eigenvalue weighted by Crippen LogP contribution is 2.21. The van der Waals surface area contributed by atoms with Crippen molar-refractivity contribution in [2.75, 3.05) is 6.54 Å². The predicted molar refractivity (Wildman–Crippen MR) is 40.7 cm³/mol. The van der Waals surface area contributed by atoms with E-state index in [1.807, 2.05) is 0 Å². The number of aromatic amines is 1. The Kier molecular flexibility index (Phi) is 1.66. The van der Waals surface area contributed by atoms with Crippen LogP contribution in [0.1, 0.15) is 24.6 Å². The third-order valence-corrected chi connectivity index (χ3v) is 2.11. The summed E-state index contributed by atoms with van der Waals surface area (Å²) in [6.45, 7) is 1.05. The molecule has 2 rings (SSSR count). The largest absolute Gasteiger partial charge is 0.361 e. The van der Waals surface area contributed by atoms with Crippen molar-refractivity contribution in [1.29, 1.82) is 0 Å². The van der Waals surface area contributed by atoms with Crippen molar-refractivity contribution in [1.82, 2.24) is 10.3 Å². The summed E-state index contributed by atoms with van der Waals surface area (Å²) in [5.41, 5.74) is 0.972. The summed E-state index contributed by atoms with van der Waals surface area (Å²) in [7, 11) is 0. The molecule has 60 valence electrons. The SMILES string of the molecule is Fc1c[nH]c([C@@H]2CCCN2)c1. The van der Waals surface area contributed by atoms with Crippen LogP contribution in [-0.2, 0) is 0 Å². The van der Waals surface area contributed by atoms with Crippen molar-refractivity contribution < 1.29 is 4.39 Å². The second-order valence-corrected chi connectivity index (χ2v) is 2.92. The minimum Gasteiger partial charge on any atom is -0.361 e. The molecule has 0 radical (unpaired) electrons. The van der Waals surface area contributed by atoms with E-state index in [-0.39, 0.29) is 5.82 Å². The highest BCUT2D eigenvalue weighted by Gasteiger charge is 2.17. The van der Waals surface area contributed by atoms with Crippen LogP contribution in [0.4, 0.5) is 4.39 Å². The second-order valence-electron chi connectivity index (χ2n) is 2.92. The van der Waals surface area contributed by atoms with Crippen molar-refractivity contribution in [3.8, 4) is 0 Å². The molecule has 11 heavy (non-hydrogen) atoms. The van der Waals surface area contributed by atoms with Crippen LogP contribution in [0.25, 0.3) is 0 Å². The molecule has 0 spiro atoms. The van der Waals surface area contributed by atoms with Gasteiger partial charge in [-0.2, -0.15) is 0 Å². The molecule has 1 aromatic rings. The van der Waals surface area contributed by atoms with Crippen LogP contribution in [0.3, 0.4) is 0 Å². The van der Waals surface area contributed by atoms with Crippen LogP contribution in [0.5, 0.6) is 0 Å². The molecule has 1 aromatic heterocycles. The van der Waals surface area contributed by atoms with Crippen molar-refractivity contribution in [2.24, 2.45) is 0 Å². The third kappa shape index (κ3) is 1.28. The van der Waals surface area contributed by atoms with E-state index in [2.05, 4.69) is 10.3 Å². The number of aromatic nitrogens is 1. The zero-order valence-corrected chi connectivity index (χ0v) is 6.23. The highest BCUT2D eigenvalue weighted by molar-refractivity contribution is 5.11. The molecule has 0 saturated carbocycles. The monoisotopic (exact) mass is 154 g/mol. The molecular weight excluding hydrogens is 143 g/mol. The van der Waals surface area contributed by atoms with Crippen molar-refractivity contribution in [3.63, 3.8) is 0 Å². The molecule has 1 saturated heterocycles. The molecule has 2 heterocycles. The van der Waals surface area contributed by atoms with Gasteiger partial charge in [0.05, 0.1) is 0 Å². The Morgan fingerprint density at radius 2 is 2.45 bits per heavy atom. The first-order valence-electron chi connectivity index (χ1n) is 3.93. The summed E-state index contributed by atoms with van der Waals surface area (Å²) in [5, 5.41) is 3.29. The number of halogens is 1. The average molecular weight is 154 g/mol. The summed E-state index contributed by atoms with van der Waals surface area (Å²) in [5.74, 6) is -0.173. The number of nitrogens with one attached hydrogen (secondary N) is 2. The lowest BCUT2D eigenvalue weighted by molar-refractivity contribution is 0.619. The second kappa shape index (κ2) is 2.66. The van der Waals surface area contributed by atoms with Gasteiger partial charge in [0.2, 0.25) is 0 Å². The topological polar surface area (TPSA) is 27.8 Å². The Morgan fingerprint density at radius 1 is 1.55 bits per heavy atom. The highest BCUT2D eigenvalue weighted by atomic mass is 19.1. The van der Waals surface area contributed by atoms with Gasteiger partial charge in [-0.1, -0.05) is 0 Å². The van der Waals surface area contributed by atoms with Crippen LogP contribution in [0, 0.1) is 5.82 Å². The van der Waals surface area contributed by atoms with Gasteiger partial charge in [0.1, 0.15) is 5.82 Å². The number of rotatable bonds is 1. The van der Waals surface area contributed by atoms with E-state index in [0.717, 1.165) is 18.7 Å². The molecule has 1 aliphatic heterocycles. The zero-order chi connectivity index (χ0) is 7.68. The average Bonchev–Trinajstić information content (AvgIpc) is 2.55. The molecule has 1 fully saturated rings. The molecule has 0 unspecified atom stereocenters. The summed E-state index contributed by atoms with van der Waals surface area (Å²) < 4.78 is 12.5. The Bertz CT molecular complexity index is 238. The minimum absolute atomic E-state index is 0.173. The van der Waals surface area contributed by atoms with Gasteiger partial charge in [-0.3, -0.25) is 0 Å². The van der Waals surface area contributed by atoms with Crippen LogP contribution >= 0.6 is 0 Å². The van der Waals surface area contributed by atoms with E-state index >= 15 is 0 Å². The van der Waals surface area contributed by atoms with Crippen LogP contribution < -0.4 is 5.32 Å². The zero-order valence-electron chi connectivity index (χ0n) is 6.23. The standard InChI is InChI=1S/C8H11FN2/c9-6-4-8(11-5-6)7-2-1-3-10-7/h4-5,7,10-11H,1-3H2/t7-/m0/s1. The predicted octanol–water partition coefficient (Wildman–Crippen LogP) is 1.58. The maximum Gasteiger partial charge on any atom is 0.140 e. The lowest BCUT2D eigenvalue weighted by Crippen LogP contribution is -2.12. The van der Waals surface area contributed by atoms with E-state index in [4.69, 9.17) is 0 Å². The fourth-order valence-corrected chi connectivity index (χ4v) is 1.54. The first kappa shape index (κ1) is 6.85. The molecule has 3 heteroatoms. The van der Waals surface area contributed by atoms with Crippen LogP contribution in [-0.4, -0.2) is 11.5 Å². The van der Waals surface area contributed by atoms with Gasteiger partial charge >= 0.3 is 0 Å². The van der Waals surface area contributed by atoms with Crippen molar-refractivity contribution >= 4 is 0 Å². The normalized spacial score (nSPS) is 24.3. The lowest BCUT2D eigenvalue weighted by Gasteiger charge is -2.05. The lowest BCUT2D eigenvalue weighted by atomic mass is 10.2. The molecule has 0 bridgehead atoms. The molecule has 2 nitrogen and oxygen atoms in total. The van der Waals surface area contributed by atoms with Gasteiger partial charge in [-0.15, -0.1) is 0 Å². The number of hydrogen-bond donors (Lipinski definition) is 2. The van der Waals surface area contributed by atoms with Gasteiger partial charge in [0, 0.05) is 17.9 Å². The molecule has 0 aliphatic carbocycles. The maximum atomic E-state index is 12.5. The molecule has 2 N–H and O–H groups in total. The summed E-state index contributed by atoms with van der Waals surface area (Å²) in [6.07, 6.45) is 3.70. The number of H-pyrrole nitrogens is 1. The molecular formula is C8H11FN2. The maximum absolute atomic E-state index is 12.5. The Hall–Kier alpha value is -0.830. The Morgan fingerprint density at radius 3 is 3.00 bits per heavy atom. The van der Waals surface area contributed by atoms with E-state index in [0.29, 0.717) is 6.04 Å². The van der Waals surface area contributed by atoms with E-state index in [1.165, 1.54) is 12.6 Å². The Labute approximate surface area is 64.8 Å². The van der Waals surface area contributed by atoms with Crippen molar-refractivity contribution in [2.45, 2.75) is 18.9 Å². The molecule has 0 aromatic carbocycles. The fourth-order valence-electron chi connectivity index (χ4n) is 1.54. The van der Waals surface area contributed by atoms with Gasteiger partial charge in [0.25, 0.3) is 0 Å². The van der Waals surface area contributed by atoms with Crippen LogP contribution in [0.2, 0.25) is 0 Å². The van der Waals surface area contributed by atoms with Crippen molar-refractivity contribution in [3.05, 3.63) is 23.8 Å². The fraction of sp³-hybridized carbons (Fsp3) is 0.500.